The number of carbonyl (C=O) groups excluding carboxylic acids is 1. The molecule has 206 valence electrons. The summed E-state index contributed by atoms with van der Waals surface area (Å²) in [7, 11) is 0. The van der Waals surface area contributed by atoms with Crippen molar-refractivity contribution in [3.63, 3.8) is 0 Å². The number of likely N-dealkylation sites (N-methyl/N-ethyl adjacent to an activating group) is 1. The van der Waals surface area contributed by atoms with Crippen LogP contribution in [0.25, 0.3) is 0 Å². The molecule has 6 aliphatic rings. The van der Waals surface area contributed by atoms with Crippen molar-refractivity contribution < 1.29 is 19.4 Å². The number of aldehydes is 1. The van der Waals surface area contributed by atoms with E-state index < -0.39 is 22.2 Å². The van der Waals surface area contributed by atoms with Gasteiger partial charge in [-0.1, -0.05) is 77.9 Å². The lowest BCUT2D eigenvalue weighted by molar-refractivity contribution is -0.197. The van der Waals surface area contributed by atoms with Gasteiger partial charge in [0.2, 0.25) is 0 Å². The van der Waals surface area contributed by atoms with E-state index in [1.54, 1.807) is 0 Å². The minimum atomic E-state index is -1.12. The molecule has 1 aliphatic heterocycles. The second kappa shape index (κ2) is 9.18. The third-order valence-corrected chi connectivity index (χ3v) is 12.7. The van der Waals surface area contributed by atoms with Crippen LogP contribution in [0.4, 0.5) is 0 Å². The van der Waals surface area contributed by atoms with Crippen LogP contribution in [0.3, 0.4) is 0 Å². The first-order chi connectivity index (χ1) is 17.8. The van der Waals surface area contributed by atoms with E-state index in [0.29, 0.717) is 30.1 Å². The second-order valence-corrected chi connectivity index (χ2v) is 14.1. The number of hydrogen-bond donors (Lipinski definition) is 2. The van der Waals surface area contributed by atoms with Crippen LogP contribution in [0.15, 0.2) is 11.6 Å². The van der Waals surface area contributed by atoms with Crippen molar-refractivity contribution in [1.82, 2.24) is 5.32 Å². The van der Waals surface area contributed by atoms with Crippen LogP contribution < -0.4 is 5.32 Å². The van der Waals surface area contributed by atoms with Crippen LogP contribution in [0.5, 0.6) is 0 Å². The predicted molar refractivity (Wildman–Crippen MR) is 144 cm³/mol. The summed E-state index contributed by atoms with van der Waals surface area (Å²) in [6.45, 7) is 10.5. The van der Waals surface area contributed by atoms with Crippen molar-refractivity contribution in [3.05, 3.63) is 11.6 Å². The molecule has 4 bridgehead atoms. The molecule has 0 aromatic heterocycles. The largest absolute Gasteiger partial charge is 0.481 e. The maximum Gasteiger partial charge on any atom is 0.315 e. The first kappa shape index (κ1) is 26.0. The quantitative estimate of drug-likeness (QED) is 0.315. The molecule has 6 rings (SSSR count). The lowest BCUT2D eigenvalue weighted by atomic mass is 9.41. The fraction of sp³-hybridized carbons (Fsp3) is 0.875. The van der Waals surface area contributed by atoms with E-state index in [2.05, 4.69) is 39.1 Å². The van der Waals surface area contributed by atoms with Gasteiger partial charge in [-0.2, -0.15) is 0 Å². The maximum atomic E-state index is 13.9. The smallest absolute Gasteiger partial charge is 0.315 e. The summed E-state index contributed by atoms with van der Waals surface area (Å²) in [5.74, 6) is 1.80. The van der Waals surface area contributed by atoms with E-state index in [0.717, 1.165) is 50.6 Å². The van der Waals surface area contributed by atoms with E-state index >= 15 is 0 Å². The molecule has 4 saturated carbocycles. The zero-order chi connectivity index (χ0) is 26.2. The molecule has 5 fully saturated rings. The van der Waals surface area contributed by atoms with Crippen LogP contribution in [-0.4, -0.2) is 42.7 Å². The summed E-state index contributed by atoms with van der Waals surface area (Å²) >= 11 is 0. The molecule has 7 unspecified atom stereocenters. The number of allylic oxidation sites excluding steroid dienone is 1. The van der Waals surface area contributed by atoms with E-state index in [9.17, 15) is 14.7 Å². The Morgan fingerprint density at radius 1 is 1.16 bits per heavy atom. The molecule has 1 heterocycles. The van der Waals surface area contributed by atoms with Crippen molar-refractivity contribution in [2.45, 2.75) is 104 Å². The number of hydrogen-bond acceptors (Lipinski definition) is 4. The van der Waals surface area contributed by atoms with Gasteiger partial charge in [0.1, 0.15) is 11.7 Å². The van der Waals surface area contributed by atoms with Crippen molar-refractivity contribution in [3.8, 4) is 0 Å². The number of ether oxygens (including phenoxy) is 1. The van der Waals surface area contributed by atoms with Gasteiger partial charge in [-0.15, -0.1) is 0 Å². The highest BCUT2D eigenvalue weighted by atomic mass is 16.5. The molecule has 0 aromatic rings. The Labute approximate surface area is 223 Å². The van der Waals surface area contributed by atoms with Crippen LogP contribution in [0.1, 0.15) is 91.9 Å². The molecule has 2 N–H and O–H groups in total. The average molecular weight is 512 g/mol. The zero-order valence-electron chi connectivity index (χ0n) is 23.5. The predicted octanol–water partition coefficient (Wildman–Crippen LogP) is 5.87. The minimum absolute atomic E-state index is 0.0905. The summed E-state index contributed by atoms with van der Waals surface area (Å²) in [6, 6.07) is 0. The first-order valence-electron chi connectivity index (χ1n) is 15.6. The molecular formula is C32H49NO4. The Bertz CT molecular complexity index is 954. The third-order valence-electron chi connectivity index (χ3n) is 12.7. The molecule has 0 radical (unpaired) electrons. The fourth-order valence-corrected chi connectivity index (χ4v) is 11.5. The average Bonchev–Trinajstić information content (AvgIpc) is 3.61. The van der Waals surface area contributed by atoms with E-state index in [1.165, 1.54) is 32.1 Å². The molecule has 10 atom stereocenters. The summed E-state index contributed by atoms with van der Waals surface area (Å²) in [6.07, 6.45) is 14.7. The molecule has 0 amide bonds. The van der Waals surface area contributed by atoms with Gasteiger partial charge in [0.15, 0.2) is 0 Å². The van der Waals surface area contributed by atoms with Gasteiger partial charge in [-0.05, 0) is 73.7 Å². The van der Waals surface area contributed by atoms with Crippen molar-refractivity contribution in [1.29, 1.82) is 0 Å². The molecule has 0 aromatic carbocycles. The Balaban J connectivity index is 1.48. The normalized spacial score (nSPS) is 48.9. The molecule has 5 heteroatoms. The van der Waals surface area contributed by atoms with Gasteiger partial charge in [0.05, 0.1) is 17.6 Å². The van der Waals surface area contributed by atoms with Crippen molar-refractivity contribution in [2.24, 2.45) is 57.7 Å². The Hall–Kier alpha value is -1.20. The van der Waals surface area contributed by atoms with Crippen LogP contribution in [0.2, 0.25) is 0 Å². The monoisotopic (exact) mass is 511 g/mol. The SMILES string of the molecule is CCNCC1OC(C23C[C@@H]4[C@H](C)CC[C@H]4C4(C=O)CC2C=C(C(C)C)C34C(=O)O)CC1C1CCCCC1. The zero-order valence-corrected chi connectivity index (χ0v) is 23.5. The van der Waals surface area contributed by atoms with Crippen LogP contribution >= 0.6 is 0 Å². The lowest BCUT2D eigenvalue weighted by Crippen LogP contribution is -2.65. The number of aliphatic carboxylic acids is 1. The number of carboxylic acid groups (broad SMARTS) is 1. The second-order valence-electron chi connectivity index (χ2n) is 14.1. The maximum absolute atomic E-state index is 13.9. The number of fused-ring (bicyclic) bond motifs is 2. The molecule has 0 spiro atoms. The lowest BCUT2D eigenvalue weighted by Gasteiger charge is -2.60. The van der Waals surface area contributed by atoms with Gasteiger partial charge in [-0.3, -0.25) is 4.79 Å². The van der Waals surface area contributed by atoms with Crippen molar-refractivity contribution >= 4 is 12.3 Å². The third kappa shape index (κ3) is 3.16. The Morgan fingerprint density at radius 3 is 2.57 bits per heavy atom. The summed E-state index contributed by atoms with van der Waals surface area (Å²) in [5.41, 5.74) is -1.39. The number of rotatable bonds is 8. The van der Waals surface area contributed by atoms with Gasteiger partial charge < -0.3 is 20.0 Å². The first-order valence-corrected chi connectivity index (χ1v) is 15.6. The summed E-state index contributed by atoms with van der Waals surface area (Å²) in [4.78, 5) is 27.3. The Kier molecular flexibility index (Phi) is 6.46. The number of carboxylic acids is 1. The van der Waals surface area contributed by atoms with Gasteiger partial charge >= 0.3 is 5.97 Å². The van der Waals surface area contributed by atoms with E-state index in [1.807, 2.05) is 0 Å². The molecule has 5 aliphatic carbocycles. The Morgan fingerprint density at radius 2 is 1.92 bits per heavy atom. The van der Waals surface area contributed by atoms with Gasteiger partial charge in [-0.25, -0.2) is 0 Å². The van der Waals surface area contributed by atoms with E-state index in [-0.39, 0.29) is 30.0 Å². The fourth-order valence-electron chi connectivity index (χ4n) is 11.5. The van der Waals surface area contributed by atoms with E-state index in [4.69, 9.17) is 4.74 Å². The molecule has 1 saturated heterocycles. The highest BCUT2D eigenvalue weighted by molar-refractivity contribution is 5.90. The van der Waals surface area contributed by atoms with Gasteiger partial charge in [0.25, 0.3) is 0 Å². The molecule has 37 heavy (non-hydrogen) atoms. The molecular weight excluding hydrogens is 462 g/mol. The topological polar surface area (TPSA) is 75.6 Å². The van der Waals surface area contributed by atoms with Crippen molar-refractivity contribution in [2.75, 3.05) is 13.1 Å². The van der Waals surface area contributed by atoms with Gasteiger partial charge in [0, 0.05) is 12.0 Å². The molecule has 5 nitrogen and oxygen atoms in total. The highest BCUT2D eigenvalue weighted by Crippen LogP contribution is 2.84. The standard InChI is InChI=1S/C32H49NO4/c1-5-33-17-27-23(21-9-7-6-8-10-21)14-28(37-27)31-16-24-20(4)11-12-25(24)30(18-34)15-22(31)13-26(19(2)3)32(30,31)29(35)36/h13,18-25,27-28,33H,5-12,14-17H2,1-4H3,(H,35,36)/t20-,22?,23?,24-,25-,27?,28?,30?,31?,32?/m1/s1. The minimum Gasteiger partial charge on any atom is -0.481 e. The number of nitrogens with one attached hydrogen (secondary N) is 1. The highest BCUT2D eigenvalue weighted by Gasteiger charge is 2.86. The summed E-state index contributed by atoms with van der Waals surface area (Å²) in [5, 5.41) is 15.0. The van der Waals surface area contributed by atoms with Crippen LogP contribution in [0, 0.1) is 57.7 Å². The van der Waals surface area contributed by atoms with Crippen LogP contribution in [-0.2, 0) is 14.3 Å². The number of carbonyl (C=O) groups is 2. The summed E-state index contributed by atoms with van der Waals surface area (Å²) < 4.78 is 7.17.